The van der Waals surface area contributed by atoms with Crippen molar-refractivity contribution < 1.29 is 0 Å². The van der Waals surface area contributed by atoms with E-state index >= 15 is 0 Å². The molecule has 1 heterocycles. The Morgan fingerprint density at radius 2 is 1.86 bits per heavy atom. The quantitative estimate of drug-likeness (QED) is 0.738. The SMILES string of the molecule is CN(CCC1CNC1)C1CCCCC1. The van der Waals surface area contributed by atoms with Crippen LogP contribution < -0.4 is 5.32 Å². The van der Waals surface area contributed by atoms with E-state index in [1.807, 2.05) is 0 Å². The molecule has 1 N–H and O–H groups in total. The van der Waals surface area contributed by atoms with Crippen LogP contribution in [-0.4, -0.2) is 37.6 Å². The molecule has 0 spiro atoms. The minimum Gasteiger partial charge on any atom is -0.316 e. The molecule has 2 aliphatic rings. The van der Waals surface area contributed by atoms with Crippen LogP contribution in [-0.2, 0) is 0 Å². The monoisotopic (exact) mass is 196 g/mol. The van der Waals surface area contributed by atoms with Gasteiger partial charge in [0.25, 0.3) is 0 Å². The first-order valence-corrected chi connectivity index (χ1v) is 6.27. The van der Waals surface area contributed by atoms with Gasteiger partial charge in [0.1, 0.15) is 0 Å². The lowest BCUT2D eigenvalue weighted by Gasteiger charge is -2.34. The summed E-state index contributed by atoms with van der Waals surface area (Å²) in [6.45, 7) is 3.84. The van der Waals surface area contributed by atoms with E-state index in [4.69, 9.17) is 0 Å². The van der Waals surface area contributed by atoms with Crippen molar-refractivity contribution >= 4 is 0 Å². The van der Waals surface area contributed by atoms with E-state index < -0.39 is 0 Å². The summed E-state index contributed by atoms with van der Waals surface area (Å²) in [7, 11) is 2.32. The molecule has 0 aromatic carbocycles. The molecule has 2 rings (SSSR count). The minimum atomic E-state index is 0.900. The molecule has 1 saturated heterocycles. The van der Waals surface area contributed by atoms with Crippen LogP contribution >= 0.6 is 0 Å². The van der Waals surface area contributed by atoms with Crippen LogP contribution in [0.1, 0.15) is 38.5 Å². The molecular formula is C12H24N2. The molecule has 82 valence electrons. The van der Waals surface area contributed by atoms with Gasteiger partial charge in [-0.2, -0.15) is 0 Å². The average molecular weight is 196 g/mol. The molecule has 2 fully saturated rings. The first kappa shape index (κ1) is 10.4. The Morgan fingerprint density at radius 3 is 2.43 bits per heavy atom. The zero-order valence-electron chi connectivity index (χ0n) is 9.47. The molecule has 0 bridgehead atoms. The van der Waals surface area contributed by atoms with Crippen LogP contribution in [0.25, 0.3) is 0 Å². The van der Waals surface area contributed by atoms with Gasteiger partial charge in [0.05, 0.1) is 0 Å². The molecule has 2 nitrogen and oxygen atoms in total. The fraction of sp³-hybridized carbons (Fsp3) is 1.00. The van der Waals surface area contributed by atoms with E-state index in [1.165, 1.54) is 58.2 Å². The Hall–Kier alpha value is -0.0800. The van der Waals surface area contributed by atoms with Gasteiger partial charge in [-0.1, -0.05) is 19.3 Å². The first-order valence-electron chi connectivity index (χ1n) is 6.27. The highest BCUT2D eigenvalue weighted by atomic mass is 15.1. The summed E-state index contributed by atoms with van der Waals surface area (Å²) in [6, 6.07) is 0.900. The summed E-state index contributed by atoms with van der Waals surface area (Å²) in [4.78, 5) is 2.61. The van der Waals surface area contributed by atoms with Gasteiger partial charge in [0.2, 0.25) is 0 Å². The minimum absolute atomic E-state index is 0.900. The molecule has 14 heavy (non-hydrogen) atoms. The van der Waals surface area contributed by atoms with E-state index in [-0.39, 0.29) is 0 Å². The Labute approximate surface area is 88.1 Å². The van der Waals surface area contributed by atoms with Gasteiger partial charge in [-0.05, 0) is 51.9 Å². The summed E-state index contributed by atoms with van der Waals surface area (Å²) >= 11 is 0. The highest BCUT2D eigenvalue weighted by molar-refractivity contribution is 4.78. The maximum atomic E-state index is 3.35. The predicted molar refractivity (Wildman–Crippen MR) is 60.5 cm³/mol. The number of hydrogen-bond donors (Lipinski definition) is 1. The summed E-state index contributed by atoms with van der Waals surface area (Å²) in [5, 5.41) is 3.35. The van der Waals surface area contributed by atoms with Gasteiger partial charge >= 0.3 is 0 Å². The Kier molecular flexibility index (Phi) is 3.82. The zero-order chi connectivity index (χ0) is 9.80. The maximum Gasteiger partial charge on any atom is 0.00922 e. The van der Waals surface area contributed by atoms with Crippen molar-refractivity contribution in [2.75, 3.05) is 26.7 Å². The summed E-state index contributed by atoms with van der Waals surface area (Å²) in [5.41, 5.74) is 0. The third-order valence-electron chi connectivity index (χ3n) is 3.95. The highest BCUT2D eigenvalue weighted by Crippen LogP contribution is 2.22. The fourth-order valence-electron chi connectivity index (χ4n) is 2.64. The topological polar surface area (TPSA) is 15.3 Å². The van der Waals surface area contributed by atoms with Crippen molar-refractivity contribution in [1.82, 2.24) is 10.2 Å². The van der Waals surface area contributed by atoms with Crippen molar-refractivity contribution in [2.45, 2.75) is 44.6 Å². The third kappa shape index (κ3) is 2.71. The van der Waals surface area contributed by atoms with Crippen LogP contribution in [0.15, 0.2) is 0 Å². The molecule has 2 heteroatoms. The summed E-state index contributed by atoms with van der Waals surface area (Å²) in [6.07, 6.45) is 8.68. The third-order valence-corrected chi connectivity index (χ3v) is 3.95. The van der Waals surface area contributed by atoms with E-state index in [0.29, 0.717) is 0 Å². The van der Waals surface area contributed by atoms with E-state index in [0.717, 1.165) is 12.0 Å². The van der Waals surface area contributed by atoms with Crippen molar-refractivity contribution in [3.63, 3.8) is 0 Å². The fourth-order valence-corrected chi connectivity index (χ4v) is 2.64. The van der Waals surface area contributed by atoms with Crippen LogP contribution in [0.2, 0.25) is 0 Å². The molecule has 1 aliphatic carbocycles. The van der Waals surface area contributed by atoms with Crippen molar-refractivity contribution in [2.24, 2.45) is 5.92 Å². The predicted octanol–water partition coefficient (Wildman–Crippen LogP) is 1.86. The highest BCUT2D eigenvalue weighted by Gasteiger charge is 2.21. The second-order valence-corrected chi connectivity index (χ2v) is 5.09. The number of hydrogen-bond acceptors (Lipinski definition) is 2. The lowest BCUT2D eigenvalue weighted by atomic mass is 9.93. The lowest BCUT2D eigenvalue weighted by molar-refractivity contribution is 0.170. The maximum absolute atomic E-state index is 3.35. The van der Waals surface area contributed by atoms with Gasteiger partial charge < -0.3 is 10.2 Å². The molecule has 0 aromatic heterocycles. The van der Waals surface area contributed by atoms with Crippen LogP contribution in [0.5, 0.6) is 0 Å². The molecule has 0 unspecified atom stereocenters. The second-order valence-electron chi connectivity index (χ2n) is 5.09. The van der Waals surface area contributed by atoms with E-state index in [2.05, 4.69) is 17.3 Å². The van der Waals surface area contributed by atoms with Crippen molar-refractivity contribution in [1.29, 1.82) is 0 Å². The molecular weight excluding hydrogens is 172 g/mol. The normalized spacial score (nSPS) is 25.3. The molecule has 0 aromatic rings. The largest absolute Gasteiger partial charge is 0.316 e. The van der Waals surface area contributed by atoms with Crippen LogP contribution in [0, 0.1) is 5.92 Å². The Morgan fingerprint density at radius 1 is 1.14 bits per heavy atom. The first-order chi connectivity index (χ1) is 6.86. The summed E-state index contributed by atoms with van der Waals surface area (Å²) < 4.78 is 0. The van der Waals surface area contributed by atoms with Gasteiger partial charge in [-0.25, -0.2) is 0 Å². The number of rotatable bonds is 4. The lowest BCUT2D eigenvalue weighted by Crippen LogP contribution is -2.44. The van der Waals surface area contributed by atoms with Gasteiger partial charge in [-0.3, -0.25) is 0 Å². The summed E-state index contributed by atoms with van der Waals surface area (Å²) in [5.74, 6) is 0.973. The van der Waals surface area contributed by atoms with Gasteiger partial charge in [0.15, 0.2) is 0 Å². The van der Waals surface area contributed by atoms with Gasteiger partial charge in [0, 0.05) is 6.04 Å². The zero-order valence-corrected chi connectivity index (χ0v) is 9.47. The van der Waals surface area contributed by atoms with Crippen LogP contribution in [0.4, 0.5) is 0 Å². The smallest absolute Gasteiger partial charge is 0.00922 e. The molecule has 1 saturated carbocycles. The van der Waals surface area contributed by atoms with Crippen molar-refractivity contribution in [3.8, 4) is 0 Å². The van der Waals surface area contributed by atoms with E-state index in [9.17, 15) is 0 Å². The van der Waals surface area contributed by atoms with Gasteiger partial charge in [-0.15, -0.1) is 0 Å². The van der Waals surface area contributed by atoms with Crippen LogP contribution in [0.3, 0.4) is 0 Å². The Bertz CT molecular complexity index is 160. The Balaban J connectivity index is 1.62. The number of nitrogens with zero attached hydrogens (tertiary/aromatic N) is 1. The molecule has 0 amide bonds. The average Bonchev–Trinajstić information content (AvgIpc) is 2.16. The molecule has 0 atom stereocenters. The molecule has 0 radical (unpaired) electrons. The van der Waals surface area contributed by atoms with E-state index in [1.54, 1.807) is 0 Å². The standard InChI is InChI=1S/C12H24N2/c1-14(8-7-11-9-13-10-11)12-5-3-2-4-6-12/h11-13H,2-10H2,1H3. The number of nitrogens with one attached hydrogen (secondary N) is 1. The second kappa shape index (κ2) is 5.13. The molecule has 1 aliphatic heterocycles. The van der Waals surface area contributed by atoms with Crippen molar-refractivity contribution in [3.05, 3.63) is 0 Å².